The van der Waals surface area contributed by atoms with Gasteiger partial charge < -0.3 is 19.6 Å². The van der Waals surface area contributed by atoms with Crippen LogP contribution in [0.1, 0.15) is 20.8 Å². The number of aryl methyl sites for hydroxylation is 1. The Bertz CT molecular complexity index is 964. The van der Waals surface area contributed by atoms with Gasteiger partial charge in [0.2, 0.25) is 5.91 Å². The summed E-state index contributed by atoms with van der Waals surface area (Å²) in [6, 6.07) is 5.65. The maximum Gasteiger partial charge on any atom is 0.264 e. The summed E-state index contributed by atoms with van der Waals surface area (Å²) in [7, 11) is 0. The summed E-state index contributed by atoms with van der Waals surface area (Å²) in [6.45, 7) is 3.92. The number of rotatable bonds is 4. The highest BCUT2D eigenvalue weighted by Crippen LogP contribution is 2.49. The quantitative estimate of drug-likeness (QED) is 0.797. The summed E-state index contributed by atoms with van der Waals surface area (Å²) in [5.74, 6) is 0.0375. The molecule has 30 heavy (non-hydrogen) atoms. The van der Waals surface area contributed by atoms with Crippen LogP contribution in [-0.4, -0.2) is 76.2 Å². The Balaban J connectivity index is 1.37. The van der Waals surface area contributed by atoms with Crippen molar-refractivity contribution in [3.8, 4) is 0 Å². The predicted molar refractivity (Wildman–Crippen MR) is 111 cm³/mol. The second-order valence-electron chi connectivity index (χ2n) is 8.60. The van der Waals surface area contributed by atoms with E-state index in [0.29, 0.717) is 32.6 Å². The van der Waals surface area contributed by atoms with E-state index in [1.165, 1.54) is 11.3 Å². The van der Waals surface area contributed by atoms with Crippen molar-refractivity contribution in [2.75, 3.05) is 32.8 Å². The van der Waals surface area contributed by atoms with Crippen LogP contribution in [0, 0.1) is 18.8 Å². The number of amides is 2. The number of nitrogens with zero attached hydrogens (tertiary/aromatic N) is 3. The van der Waals surface area contributed by atoms with Gasteiger partial charge in [0.1, 0.15) is 5.60 Å². The van der Waals surface area contributed by atoms with Crippen LogP contribution in [-0.2, 0) is 16.0 Å². The summed E-state index contributed by atoms with van der Waals surface area (Å²) in [5.41, 5.74) is 1.32. The van der Waals surface area contributed by atoms with Crippen LogP contribution in [0.4, 0.5) is 0 Å². The van der Waals surface area contributed by atoms with E-state index < -0.39 is 5.60 Å². The van der Waals surface area contributed by atoms with E-state index in [2.05, 4.69) is 4.98 Å². The number of pyridine rings is 1. The molecule has 0 unspecified atom stereocenters. The molecule has 5 rings (SSSR count). The molecule has 2 aromatic rings. The van der Waals surface area contributed by atoms with Gasteiger partial charge in [0, 0.05) is 43.9 Å². The molecule has 158 valence electrons. The normalized spacial score (nSPS) is 29.9. The number of hydrogen-bond acceptors (Lipinski definition) is 6. The standard InChI is InChI=1S/C22H25N3O4S/c1-14-4-7-30-20(14)21(28)25-10-18-16(11-26)17-9-24(12-22(17,13-25)29-18)19(27)8-15-2-5-23-6-3-15/h2-7,16-18,26H,8-13H2,1H3/t16-,17+,18+,22-/m0/s1. The average Bonchev–Trinajstić information content (AvgIpc) is 3.37. The number of morpholine rings is 1. The average molecular weight is 428 g/mol. The molecule has 0 aliphatic carbocycles. The highest BCUT2D eigenvalue weighted by Gasteiger charge is 2.63. The molecule has 0 saturated carbocycles. The van der Waals surface area contributed by atoms with Crippen molar-refractivity contribution in [2.45, 2.75) is 25.0 Å². The summed E-state index contributed by atoms with van der Waals surface area (Å²) in [6.07, 6.45) is 3.50. The summed E-state index contributed by atoms with van der Waals surface area (Å²) >= 11 is 1.46. The number of aliphatic hydroxyl groups excluding tert-OH is 1. The first kappa shape index (κ1) is 19.7. The van der Waals surface area contributed by atoms with E-state index in [1.54, 1.807) is 12.4 Å². The lowest BCUT2D eigenvalue weighted by atomic mass is 9.83. The Morgan fingerprint density at radius 2 is 2.00 bits per heavy atom. The Hall–Kier alpha value is -2.29. The molecule has 2 amide bonds. The zero-order valence-electron chi connectivity index (χ0n) is 16.9. The van der Waals surface area contributed by atoms with E-state index in [0.717, 1.165) is 16.0 Å². The smallest absolute Gasteiger partial charge is 0.264 e. The van der Waals surface area contributed by atoms with Gasteiger partial charge in [0.25, 0.3) is 5.91 Å². The molecule has 1 N–H and O–H groups in total. The number of fused-ring (bicyclic) bond motifs is 1. The largest absolute Gasteiger partial charge is 0.396 e. The fraction of sp³-hybridized carbons (Fsp3) is 0.500. The van der Waals surface area contributed by atoms with Gasteiger partial charge in [0.05, 0.1) is 30.5 Å². The Morgan fingerprint density at radius 1 is 1.23 bits per heavy atom. The van der Waals surface area contributed by atoms with Gasteiger partial charge in [-0.05, 0) is 41.6 Å². The molecule has 0 radical (unpaired) electrons. The zero-order valence-corrected chi connectivity index (χ0v) is 17.7. The van der Waals surface area contributed by atoms with Crippen molar-refractivity contribution in [3.05, 3.63) is 52.0 Å². The summed E-state index contributed by atoms with van der Waals surface area (Å²) in [5, 5.41) is 12.0. The van der Waals surface area contributed by atoms with Gasteiger partial charge in [-0.3, -0.25) is 14.6 Å². The molecule has 5 heterocycles. The molecule has 4 atom stereocenters. The first-order valence-electron chi connectivity index (χ1n) is 10.3. The second kappa shape index (κ2) is 7.44. The third kappa shape index (κ3) is 3.14. The molecule has 3 fully saturated rings. The van der Waals surface area contributed by atoms with Crippen LogP contribution in [0.15, 0.2) is 36.0 Å². The number of ether oxygens (including phenoxy) is 1. The Kier molecular flexibility index (Phi) is 4.88. The van der Waals surface area contributed by atoms with Crippen molar-refractivity contribution in [1.29, 1.82) is 0 Å². The highest BCUT2D eigenvalue weighted by atomic mass is 32.1. The number of hydrogen-bond donors (Lipinski definition) is 1. The fourth-order valence-electron chi connectivity index (χ4n) is 5.30. The molecule has 7 nitrogen and oxygen atoms in total. The summed E-state index contributed by atoms with van der Waals surface area (Å²) in [4.78, 5) is 34.6. The number of carbonyl (C=O) groups is 2. The van der Waals surface area contributed by atoms with Gasteiger partial charge >= 0.3 is 0 Å². The van der Waals surface area contributed by atoms with Crippen LogP contribution in [0.2, 0.25) is 0 Å². The molecule has 8 heteroatoms. The lowest BCUT2D eigenvalue weighted by molar-refractivity contribution is -0.135. The minimum atomic E-state index is -0.592. The lowest BCUT2D eigenvalue weighted by Gasteiger charge is -2.40. The molecule has 2 bridgehead atoms. The van der Waals surface area contributed by atoms with Crippen LogP contribution in [0.25, 0.3) is 0 Å². The molecule has 0 aromatic carbocycles. The van der Waals surface area contributed by atoms with Crippen molar-refractivity contribution in [2.24, 2.45) is 11.8 Å². The maximum atomic E-state index is 13.2. The van der Waals surface area contributed by atoms with Crippen molar-refractivity contribution in [3.63, 3.8) is 0 Å². The predicted octanol–water partition coefficient (Wildman–Crippen LogP) is 1.35. The number of thiophene rings is 1. The monoisotopic (exact) mass is 427 g/mol. The van der Waals surface area contributed by atoms with E-state index in [4.69, 9.17) is 4.74 Å². The van der Waals surface area contributed by atoms with E-state index in [1.807, 2.05) is 40.3 Å². The lowest BCUT2D eigenvalue weighted by Crippen LogP contribution is -2.56. The number of carbonyl (C=O) groups excluding carboxylic acids is 2. The maximum absolute atomic E-state index is 13.2. The number of aliphatic hydroxyl groups is 1. The first-order valence-corrected chi connectivity index (χ1v) is 11.2. The van der Waals surface area contributed by atoms with Gasteiger partial charge in [0.15, 0.2) is 0 Å². The zero-order chi connectivity index (χ0) is 20.9. The molecule has 1 spiro atoms. The first-order chi connectivity index (χ1) is 14.5. The van der Waals surface area contributed by atoms with E-state index in [-0.39, 0.29) is 36.4 Å². The number of likely N-dealkylation sites (tertiary alicyclic amines) is 2. The minimum absolute atomic E-state index is 0.00350. The van der Waals surface area contributed by atoms with Crippen LogP contribution >= 0.6 is 11.3 Å². The third-order valence-corrected chi connectivity index (χ3v) is 7.81. The summed E-state index contributed by atoms with van der Waals surface area (Å²) < 4.78 is 6.42. The van der Waals surface area contributed by atoms with Gasteiger partial charge in [-0.15, -0.1) is 11.3 Å². The Labute approximate surface area is 179 Å². The van der Waals surface area contributed by atoms with Gasteiger partial charge in [-0.25, -0.2) is 0 Å². The molecule has 3 aliphatic rings. The van der Waals surface area contributed by atoms with Crippen LogP contribution in [0.3, 0.4) is 0 Å². The second-order valence-corrected chi connectivity index (χ2v) is 9.52. The van der Waals surface area contributed by atoms with Crippen molar-refractivity contribution >= 4 is 23.2 Å². The van der Waals surface area contributed by atoms with Gasteiger partial charge in [-0.1, -0.05) is 0 Å². The fourth-order valence-corrected chi connectivity index (χ4v) is 6.19. The van der Waals surface area contributed by atoms with Crippen LogP contribution < -0.4 is 0 Å². The molecule has 2 aromatic heterocycles. The Morgan fingerprint density at radius 3 is 2.70 bits per heavy atom. The van der Waals surface area contributed by atoms with E-state index >= 15 is 0 Å². The molecular weight excluding hydrogens is 402 g/mol. The molecular formula is C22H25N3O4S. The molecule has 3 saturated heterocycles. The van der Waals surface area contributed by atoms with Crippen LogP contribution in [0.5, 0.6) is 0 Å². The third-order valence-electron chi connectivity index (χ3n) is 6.80. The SMILES string of the molecule is Cc1ccsc1C(=O)N1C[C@H]2O[C@@]3(CN(C(=O)Cc4ccncc4)C[C@@H]3[C@@H]2CO)C1. The topological polar surface area (TPSA) is 83.0 Å². The van der Waals surface area contributed by atoms with E-state index in [9.17, 15) is 14.7 Å². The van der Waals surface area contributed by atoms with Crippen molar-refractivity contribution < 1.29 is 19.4 Å². The van der Waals surface area contributed by atoms with Crippen molar-refractivity contribution in [1.82, 2.24) is 14.8 Å². The minimum Gasteiger partial charge on any atom is -0.396 e. The van der Waals surface area contributed by atoms with Gasteiger partial charge in [-0.2, -0.15) is 0 Å². The highest BCUT2D eigenvalue weighted by molar-refractivity contribution is 7.12. The molecule has 3 aliphatic heterocycles. The number of aromatic nitrogens is 1.